The van der Waals surface area contributed by atoms with Gasteiger partial charge in [0.2, 0.25) is 5.95 Å². The fraction of sp³-hybridized carbons (Fsp3) is 0.542. The van der Waals surface area contributed by atoms with Gasteiger partial charge >= 0.3 is 0 Å². The number of hydrogen-bond donors (Lipinski definition) is 2. The van der Waals surface area contributed by atoms with Crippen molar-refractivity contribution in [3.05, 3.63) is 40.9 Å². The topological polar surface area (TPSA) is 56.3 Å². The van der Waals surface area contributed by atoms with Gasteiger partial charge in [-0.2, -0.15) is 9.97 Å². The molecule has 1 aromatic heterocycles. The standard InChI is InChI=1S/C24H33ClN6S/c1-17-8-7-12-30(16-17)21-14-22(31-13-6-5-9-18(31)2)28-23(27-21)29-24(32)26-15-19-10-3-4-11-20(19)25/h3-4,10-11,14,17-18H,5-9,12-13,15-16H2,1-2H3,(H2,26,27,28,29,32). The van der Waals surface area contributed by atoms with Crippen molar-refractivity contribution in [3.8, 4) is 0 Å². The zero-order valence-electron chi connectivity index (χ0n) is 19.0. The molecule has 2 N–H and O–H groups in total. The summed E-state index contributed by atoms with van der Waals surface area (Å²) < 4.78 is 0. The second-order valence-corrected chi connectivity index (χ2v) is 9.85. The molecule has 0 spiro atoms. The zero-order valence-corrected chi connectivity index (χ0v) is 20.6. The van der Waals surface area contributed by atoms with Gasteiger partial charge in [-0.15, -0.1) is 0 Å². The fourth-order valence-corrected chi connectivity index (χ4v) is 4.95. The van der Waals surface area contributed by atoms with Crippen molar-refractivity contribution in [1.82, 2.24) is 15.3 Å². The summed E-state index contributed by atoms with van der Waals surface area (Å²) in [6, 6.07) is 10.4. The lowest BCUT2D eigenvalue weighted by molar-refractivity contribution is 0.444. The molecule has 2 aromatic rings. The van der Waals surface area contributed by atoms with Crippen LogP contribution in [0.2, 0.25) is 5.02 Å². The third-order valence-electron chi connectivity index (χ3n) is 6.40. The van der Waals surface area contributed by atoms with Crippen LogP contribution >= 0.6 is 23.8 Å². The van der Waals surface area contributed by atoms with Gasteiger partial charge in [0.25, 0.3) is 0 Å². The molecule has 2 aliphatic rings. The van der Waals surface area contributed by atoms with E-state index in [9.17, 15) is 0 Å². The first-order chi connectivity index (χ1) is 15.5. The molecular formula is C24H33ClN6S. The summed E-state index contributed by atoms with van der Waals surface area (Å²) in [5, 5.41) is 7.67. The molecule has 32 heavy (non-hydrogen) atoms. The Morgan fingerprint density at radius 2 is 1.91 bits per heavy atom. The van der Waals surface area contributed by atoms with E-state index in [0.29, 0.717) is 29.6 Å². The van der Waals surface area contributed by atoms with E-state index in [-0.39, 0.29) is 0 Å². The van der Waals surface area contributed by atoms with Crippen LogP contribution in [0.3, 0.4) is 0 Å². The van der Waals surface area contributed by atoms with E-state index in [1.54, 1.807) is 0 Å². The molecule has 2 unspecified atom stereocenters. The highest BCUT2D eigenvalue weighted by atomic mass is 35.5. The van der Waals surface area contributed by atoms with Crippen LogP contribution in [0.4, 0.5) is 17.6 Å². The van der Waals surface area contributed by atoms with Crippen molar-refractivity contribution in [2.75, 3.05) is 34.8 Å². The van der Waals surface area contributed by atoms with E-state index in [1.807, 2.05) is 24.3 Å². The Kier molecular flexibility index (Phi) is 7.68. The molecule has 0 amide bonds. The van der Waals surface area contributed by atoms with Gasteiger partial charge in [0, 0.05) is 43.3 Å². The molecular weight excluding hydrogens is 440 g/mol. The van der Waals surface area contributed by atoms with E-state index in [4.69, 9.17) is 33.8 Å². The van der Waals surface area contributed by atoms with Gasteiger partial charge in [-0.05, 0) is 68.8 Å². The average Bonchev–Trinajstić information content (AvgIpc) is 2.78. The SMILES string of the molecule is CC1CCCN(c2cc(N3CCCCC3C)nc(NC(=S)NCc3ccccc3Cl)n2)C1. The summed E-state index contributed by atoms with van der Waals surface area (Å²) in [6.45, 7) is 8.24. The molecule has 4 rings (SSSR count). The number of anilines is 3. The van der Waals surface area contributed by atoms with Gasteiger partial charge in [0.05, 0.1) is 0 Å². The smallest absolute Gasteiger partial charge is 0.232 e. The Bertz CT molecular complexity index is 938. The third-order valence-corrected chi connectivity index (χ3v) is 7.02. The van der Waals surface area contributed by atoms with Crippen LogP contribution < -0.4 is 20.4 Å². The van der Waals surface area contributed by atoms with E-state index in [2.05, 4.69) is 40.3 Å². The second kappa shape index (κ2) is 10.7. The molecule has 0 aliphatic carbocycles. The van der Waals surface area contributed by atoms with Crippen LogP contribution in [-0.2, 0) is 6.54 Å². The van der Waals surface area contributed by atoms with E-state index in [0.717, 1.165) is 41.9 Å². The number of rotatable bonds is 5. The van der Waals surface area contributed by atoms with Crippen molar-refractivity contribution < 1.29 is 0 Å². The maximum Gasteiger partial charge on any atom is 0.232 e. The summed E-state index contributed by atoms with van der Waals surface area (Å²) in [5.41, 5.74) is 0.998. The summed E-state index contributed by atoms with van der Waals surface area (Å²) >= 11 is 11.8. The molecule has 1 aromatic carbocycles. The Labute approximate surface area is 201 Å². The van der Waals surface area contributed by atoms with E-state index < -0.39 is 0 Å². The molecule has 2 saturated heterocycles. The van der Waals surface area contributed by atoms with Gasteiger partial charge in [-0.3, -0.25) is 0 Å². The number of nitrogens with zero attached hydrogens (tertiary/aromatic N) is 4. The first-order valence-electron chi connectivity index (χ1n) is 11.7. The Morgan fingerprint density at radius 1 is 1.09 bits per heavy atom. The summed E-state index contributed by atoms with van der Waals surface area (Å²) in [7, 11) is 0. The van der Waals surface area contributed by atoms with Crippen LogP contribution in [0.15, 0.2) is 30.3 Å². The molecule has 0 bridgehead atoms. The summed E-state index contributed by atoms with van der Waals surface area (Å²) in [6.07, 6.45) is 6.14. The highest BCUT2D eigenvalue weighted by Gasteiger charge is 2.24. The maximum atomic E-state index is 6.27. The predicted molar refractivity (Wildman–Crippen MR) is 138 cm³/mol. The number of aromatic nitrogens is 2. The van der Waals surface area contributed by atoms with Crippen molar-refractivity contribution in [3.63, 3.8) is 0 Å². The molecule has 2 atom stereocenters. The first kappa shape index (κ1) is 23.1. The third kappa shape index (κ3) is 5.81. The molecule has 8 heteroatoms. The highest BCUT2D eigenvalue weighted by molar-refractivity contribution is 7.80. The Hall–Kier alpha value is -2.12. The minimum atomic E-state index is 0.477. The largest absolute Gasteiger partial charge is 0.358 e. The molecule has 172 valence electrons. The predicted octanol–water partition coefficient (Wildman–Crippen LogP) is 5.23. The van der Waals surface area contributed by atoms with Gasteiger partial charge in [-0.25, -0.2) is 0 Å². The molecule has 2 aliphatic heterocycles. The van der Waals surface area contributed by atoms with Crippen LogP contribution in [0, 0.1) is 5.92 Å². The van der Waals surface area contributed by atoms with Crippen molar-refractivity contribution in [2.24, 2.45) is 5.92 Å². The van der Waals surface area contributed by atoms with Crippen molar-refractivity contribution in [2.45, 2.75) is 58.5 Å². The molecule has 2 fully saturated rings. The Morgan fingerprint density at radius 3 is 2.69 bits per heavy atom. The summed E-state index contributed by atoms with van der Waals surface area (Å²) in [4.78, 5) is 14.5. The minimum absolute atomic E-state index is 0.477. The van der Waals surface area contributed by atoms with Gasteiger partial charge in [0.15, 0.2) is 5.11 Å². The highest BCUT2D eigenvalue weighted by Crippen LogP contribution is 2.29. The first-order valence-corrected chi connectivity index (χ1v) is 12.5. The number of hydrogen-bond acceptors (Lipinski definition) is 5. The van der Waals surface area contributed by atoms with Gasteiger partial charge in [-0.1, -0.05) is 36.7 Å². The summed E-state index contributed by atoms with van der Waals surface area (Å²) in [5.74, 6) is 3.18. The Balaban J connectivity index is 1.53. The maximum absolute atomic E-state index is 6.27. The lowest BCUT2D eigenvalue weighted by Crippen LogP contribution is -2.39. The van der Waals surface area contributed by atoms with Crippen LogP contribution in [0.5, 0.6) is 0 Å². The molecule has 6 nitrogen and oxygen atoms in total. The number of thiocarbonyl (C=S) groups is 1. The van der Waals surface area contributed by atoms with Gasteiger partial charge in [0.1, 0.15) is 11.6 Å². The number of piperidine rings is 2. The van der Waals surface area contributed by atoms with Gasteiger partial charge < -0.3 is 20.4 Å². The number of benzene rings is 1. The monoisotopic (exact) mass is 472 g/mol. The van der Waals surface area contributed by atoms with Crippen molar-refractivity contribution in [1.29, 1.82) is 0 Å². The molecule has 0 saturated carbocycles. The van der Waals surface area contributed by atoms with Crippen molar-refractivity contribution >= 4 is 46.5 Å². The zero-order chi connectivity index (χ0) is 22.5. The second-order valence-electron chi connectivity index (χ2n) is 9.04. The lowest BCUT2D eigenvalue weighted by atomic mass is 10.0. The fourth-order valence-electron chi connectivity index (χ4n) is 4.59. The lowest BCUT2D eigenvalue weighted by Gasteiger charge is -2.36. The van der Waals surface area contributed by atoms with E-state index >= 15 is 0 Å². The molecule has 0 radical (unpaired) electrons. The molecule has 3 heterocycles. The number of halogens is 1. The van der Waals surface area contributed by atoms with Crippen LogP contribution in [-0.4, -0.2) is 40.8 Å². The number of nitrogens with one attached hydrogen (secondary N) is 2. The average molecular weight is 473 g/mol. The van der Waals surface area contributed by atoms with Crippen LogP contribution in [0.1, 0.15) is 51.5 Å². The normalized spacial score (nSPS) is 21.3. The van der Waals surface area contributed by atoms with E-state index in [1.165, 1.54) is 32.1 Å². The van der Waals surface area contributed by atoms with Crippen LogP contribution in [0.25, 0.3) is 0 Å². The quantitative estimate of drug-likeness (QED) is 0.577. The minimum Gasteiger partial charge on any atom is -0.358 e.